The first-order valence-corrected chi connectivity index (χ1v) is 9.81. The molecule has 2 fully saturated rings. The Labute approximate surface area is 173 Å². The van der Waals surface area contributed by atoms with Crippen LogP contribution in [0.5, 0.6) is 11.5 Å². The molecule has 2 aliphatic heterocycles. The highest BCUT2D eigenvalue weighted by atomic mass is 32.2. The molecule has 1 aromatic carbocycles. The van der Waals surface area contributed by atoms with Crippen molar-refractivity contribution in [2.24, 2.45) is 0 Å². The van der Waals surface area contributed by atoms with Crippen molar-refractivity contribution in [1.82, 2.24) is 9.97 Å². The van der Waals surface area contributed by atoms with Crippen molar-refractivity contribution >= 4 is 17.5 Å². The highest BCUT2D eigenvalue weighted by Gasteiger charge is 2.44. The van der Waals surface area contributed by atoms with Crippen molar-refractivity contribution in [1.29, 1.82) is 0 Å². The number of aromatic nitrogens is 2. The first-order chi connectivity index (χ1) is 14.3. The zero-order valence-electron chi connectivity index (χ0n) is 15.9. The number of thioether (sulfide) groups is 1. The van der Waals surface area contributed by atoms with Crippen molar-refractivity contribution in [3.63, 3.8) is 0 Å². The van der Waals surface area contributed by atoms with Gasteiger partial charge in [0.05, 0.1) is 32.6 Å². The van der Waals surface area contributed by atoms with E-state index in [-0.39, 0.29) is 29.7 Å². The second-order valence-corrected chi connectivity index (χ2v) is 7.86. The number of hydrogen-bond acceptors (Lipinski definition) is 8. The largest absolute Gasteiger partial charge is 0.493 e. The van der Waals surface area contributed by atoms with Crippen molar-refractivity contribution in [2.45, 2.75) is 35.4 Å². The fraction of sp³-hybridized carbons (Fsp3) is 0.421. The Morgan fingerprint density at radius 2 is 1.90 bits per heavy atom. The van der Waals surface area contributed by atoms with Crippen LogP contribution in [0.25, 0.3) is 11.3 Å². The molecule has 0 amide bonds. The maximum absolute atomic E-state index is 13.5. The van der Waals surface area contributed by atoms with Crippen LogP contribution < -0.4 is 9.47 Å². The van der Waals surface area contributed by atoms with E-state index in [1.165, 1.54) is 14.2 Å². The van der Waals surface area contributed by atoms with Gasteiger partial charge in [0.15, 0.2) is 22.4 Å². The van der Waals surface area contributed by atoms with E-state index in [2.05, 4.69) is 9.97 Å². The number of carbonyl (C=O) groups is 1. The topological polar surface area (TPSA) is 79.8 Å². The van der Waals surface area contributed by atoms with E-state index in [0.29, 0.717) is 17.1 Å². The highest BCUT2D eigenvalue weighted by Crippen LogP contribution is 2.39. The summed E-state index contributed by atoms with van der Waals surface area (Å²) < 4.78 is 61.5. The van der Waals surface area contributed by atoms with Crippen LogP contribution in [-0.4, -0.2) is 54.2 Å². The van der Waals surface area contributed by atoms with Gasteiger partial charge in [-0.1, -0.05) is 11.8 Å². The van der Waals surface area contributed by atoms with Crippen LogP contribution in [0.3, 0.4) is 0 Å². The molecule has 160 valence electrons. The molecule has 0 N–H and O–H groups in total. The third-order valence-electron chi connectivity index (χ3n) is 4.72. The Hall–Kier alpha value is -2.37. The van der Waals surface area contributed by atoms with Gasteiger partial charge in [0.2, 0.25) is 6.29 Å². The first-order valence-electron chi connectivity index (χ1n) is 8.93. The summed E-state index contributed by atoms with van der Waals surface area (Å²) in [6, 6.07) is 5.59. The molecule has 0 spiro atoms. The molecule has 0 aliphatic carbocycles. The second kappa shape index (κ2) is 8.05. The lowest BCUT2D eigenvalue weighted by molar-refractivity contribution is -0.151. The lowest BCUT2D eigenvalue weighted by Gasteiger charge is -2.25. The summed E-state index contributed by atoms with van der Waals surface area (Å²) in [7, 11) is 2.89. The van der Waals surface area contributed by atoms with Gasteiger partial charge in [-0.25, -0.2) is 9.97 Å². The molecule has 0 unspecified atom stereocenters. The smallest absolute Gasteiger partial charge is 0.433 e. The lowest BCUT2D eigenvalue weighted by Crippen LogP contribution is -2.37. The van der Waals surface area contributed by atoms with Gasteiger partial charge in [-0.05, 0) is 24.3 Å². The standard InChI is InChI=1S/C19H17F3N2O5S/c1-26-12-4-3-9(5-13(12)27-2)10-6-16(19(20,21)22)24-18(23-10)30-15-7-11(25)17-28-8-14(15)29-17/h3-6,14-15,17H,7-8H2,1-2H3/t14-,15+,17+/m0/s1. The Morgan fingerprint density at radius 3 is 2.60 bits per heavy atom. The summed E-state index contributed by atoms with van der Waals surface area (Å²) in [5.74, 6) is 0.555. The Balaban J connectivity index is 1.70. The van der Waals surface area contributed by atoms with Gasteiger partial charge in [0.1, 0.15) is 5.69 Å². The number of ketones is 1. The average Bonchev–Trinajstić information content (AvgIpc) is 3.17. The molecule has 1 aromatic heterocycles. The van der Waals surface area contributed by atoms with Crippen LogP contribution in [0, 0.1) is 0 Å². The third-order valence-corrected chi connectivity index (χ3v) is 5.89. The Morgan fingerprint density at radius 1 is 1.13 bits per heavy atom. The number of alkyl halides is 3. The van der Waals surface area contributed by atoms with Crippen molar-refractivity contribution < 1.29 is 36.9 Å². The molecule has 2 aliphatic rings. The van der Waals surface area contributed by atoms with Crippen molar-refractivity contribution in [3.8, 4) is 22.8 Å². The second-order valence-electron chi connectivity index (χ2n) is 6.66. The summed E-state index contributed by atoms with van der Waals surface area (Å²) in [4.78, 5) is 20.0. The van der Waals surface area contributed by atoms with Gasteiger partial charge in [-0.2, -0.15) is 13.2 Å². The molecule has 0 radical (unpaired) electrons. The van der Waals surface area contributed by atoms with Gasteiger partial charge >= 0.3 is 6.18 Å². The number of benzene rings is 1. The quantitative estimate of drug-likeness (QED) is 0.653. The summed E-state index contributed by atoms with van der Waals surface area (Å²) >= 11 is 0.980. The molecule has 2 saturated heterocycles. The zero-order valence-corrected chi connectivity index (χ0v) is 16.7. The van der Waals surface area contributed by atoms with Gasteiger partial charge in [0.25, 0.3) is 0 Å². The monoisotopic (exact) mass is 442 g/mol. The SMILES string of the molecule is COc1ccc(-c2cc(C(F)(F)F)nc(S[C@@H]3CC(=O)[C@@H]4OC[C@@H]3O4)n2)cc1OC. The molecule has 7 nitrogen and oxygen atoms in total. The average molecular weight is 442 g/mol. The van der Waals surface area contributed by atoms with E-state index < -0.39 is 29.5 Å². The van der Waals surface area contributed by atoms with E-state index >= 15 is 0 Å². The van der Waals surface area contributed by atoms with Crippen LogP contribution in [0.15, 0.2) is 29.4 Å². The highest BCUT2D eigenvalue weighted by molar-refractivity contribution is 7.99. The number of nitrogens with zero attached hydrogens (tertiary/aromatic N) is 2. The molecule has 2 bridgehead atoms. The minimum Gasteiger partial charge on any atom is -0.493 e. The lowest BCUT2D eigenvalue weighted by atomic mass is 10.1. The van der Waals surface area contributed by atoms with E-state index in [9.17, 15) is 18.0 Å². The van der Waals surface area contributed by atoms with Crippen LogP contribution >= 0.6 is 11.8 Å². The zero-order chi connectivity index (χ0) is 21.5. The summed E-state index contributed by atoms with van der Waals surface area (Å²) in [5, 5.41) is -0.528. The molecule has 4 rings (SSSR count). The fourth-order valence-electron chi connectivity index (χ4n) is 3.23. The molecule has 30 heavy (non-hydrogen) atoms. The molecular formula is C19H17F3N2O5S. The van der Waals surface area contributed by atoms with Crippen LogP contribution in [0.2, 0.25) is 0 Å². The molecule has 11 heteroatoms. The summed E-state index contributed by atoms with van der Waals surface area (Å²) in [5.41, 5.74) is -0.597. The molecule has 3 atom stereocenters. The van der Waals surface area contributed by atoms with Crippen molar-refractivity contribution in [3.05, 3.63) is 30.0 Å². The number of fused-ring (bicyclic) bond motifs is 2. The number of methoxy groups -OCH3 is 2. The Kier molecular flexibility index (Phi) is 5.60. The van der Waals surface area contributed by atoms with E-state index in [4.69, 9.17) is 18.9 Å². The minimum absolute atomic E-state index is 0.0735. The molecule has 3 heterocycles. The minimum atomic E-state index is -4.66. The third kappa shape index (κ3) is 4.09. The number of ether oxygens (including phenoxy) is 4. The number of halogens is 3. The number of Topliss-reactive ketones (excluding diaryl/α,β-unsaturated/α-hetero) is 1. The molecule has 2 aromatic rings. The molecule has 0 saturated carbocycles. The normalized spacial score (nSPS) is 23.5. The maximum atomic E-state index is 13.5. The van der Waals surface area contributed by atoms with Gasteiger partial charge in [-0.3, -0.25) is 4.79 Å². The molecular weight excluding hydrogens is 425 g/mol. The summed E-state index contributed by atoms with van der Waals surface area (Å²) in [6.45, 7) is 0.204. The fourth-order valence-corrected chi connectivity index (χ4v) is 4.34. The van der Waals surface area contributed by atoms with E-state index in [0.717, 1.165) is 17.8 Å². The first kappa shape index (κ1) is 20.9. The summed E-state index contributed by atoms with van der Waals surface area (Å²) in [6.07, 6.45) is -5.83. The van der Waals surface area contributed by atoms with Crippen molar-refractivity contribution in [2.75, 3.05) is 20.8 Å². The van der Waals surface area contributed by atoms with Crippen LogP contribution in [-0.2, 0) is 20.4 Å². The van der Waals surface area contributed by atoms with Gasteiger partial charge in [-0.15, -0.1) is 0 Å². The number of carbonyl (C=O) groups excluding carboxylic acids is 1. The van der Waals surface area contributed by atoms with Gasteiger partial charge < -0.3 is 18.9 Å². The number of rotatable bonds is 5. The van der Waals surface area contributed by atoms with Gasteiger partial charge in [0, 0.05) is 17.2 Å². The van der Waals surface area contributed by atoms with E-state index in [1.807, 2.05) is 0 Å². The van der Waals surface area contributed by atoms with Crippen LogP contribution in [0.1, 0.15) is 12.1 Å². The van der Waals surface area contributed by atoms with E-state index in [1.54, 1.807) is 18.2 Å². The van der Waals surface area contributed by atoms with Crippen LogP contribution in [0.4, 0.5) is 13.2 Å². The predicted molar refractivity (Wildman–Crippen MR) is 99.5 cm³/mol. The predicted octanol–water partition coefficient (Wildman–Crippen LogP) is 3.35. The maximum Gasteiger partial charge on any atom is 0.433 e. The Bertz CT molecular complexity index is 972. The number of hydrogen-bond donors (Lipinski definition) is 0.